The van der Waals surface area contributed by atoms with E-state index in [2.05, 4.69) is 15.6 Å². The van der Waals surface area contributed by atoms with Crippen molar-refractivity contribution in [3.63, 3.8) is 0 Å². The van der Waals surface area contributed by atoms with Crippen molar-refractivity contribution in [1.82, 2.24) is 14.9 Å². The second kappa shape index (κ2) is 8.99. The molecular weight excluding hydrogens is 545 g/mol. The molecule has 1 aliphatic heterocycles. The zero-order chi connectivity index (χ0) is 27.6. The van der Waals surface area contributed by atoms with E-state index < -0.39 is 57.6 Å². The summed E-state index contributed by atoms with van der Waals surface area (Å²) in [6, 6.07) is 9.01. The number of alkyl halides is 3. The van der Waals surface area contributed by atoms with Crippen LogP contribution in [0.2, 0.25) is 5.02 Å². The molecule has 1 atom stereocenters. The molecule has 13 heteroatoms. The Labute approximate surface area is 223 Å². The van der Waals surface area contributed by atoms with Crippen LogP contribution in [0.4, 0.5) is 13.2 Å². The molecule has 206 valence electrons. The second-order valence-electron chi connectivity index (χ2n) is 11.0. The summed E-state index contributed by atoms with van der Waals surface area (Å²) in [5, 5.41) is 6.03. The van der Waals surface area contributed by atoms with Crippen LogP contribution in [-0.4, -0.2) is 54.3 Å². The predicted molar refractivity (Wildman–Crippen MR) is 134 cm³/mol. The molecular formula is C25H28ClF3N4O4S. The minimum absolute atomic E-state index is 0.131. The molecule has 3 saturated carbocycles. The van der Waals surface area contributed by atoms with Gasteiger partial charge in [0, 0.05) is 29.1 Å². The van der Waals surface area contributed by atoms with Crippen molar-refractivity contribution in [3.05, 3.63) is 53.2 Å². The molecule has 2 N–H and O–H groups in total. The molecule has 38 heavy (non-hydrogen) atoms. The van der Waals surface area contributed by atoms with Crippen LogP contribution in [0.25, 0.3) is 0 Å². The van der Waals surface area contributed by atoms with Gasteiger partial charge >= 0.3 is 6.18 Å². The molecule has 0 radical (unpaired) electrons. The van der Waals surface area contributed by atoms with Gasteiger partial charge < -0.3 is 15.1 Å². The van der Waals surface area contributed by atoms with E-state index in [1.54, 1.807) is 38.1 Å². The smallest absolute Gasteiger partial charge is 0.390 e. The van der Waals surface area contributed by atoms with Crippen LogP contribution in [0, 0.1) is 5.41 Å². The number of carbonyl (C=O) groups excluding carboxylic acids is 1. The van der Waals surface area contributed by atoms with Crippen LogP contribution < -0.4 is 10.6 Å². The van der Waals surface area contributed by atoms with Crippen molar-refractivity contribution < 1.29 is 30.8 Å². The van der Waals surface area contributed by atoms with Gasteiger partial charge in [0.25, 0.3) is 10.0 Å². The highest BCUT2D eigenvalue weighted by molar-refractivity contribution is 7.89. The molecule has 0 saturated heterocycles. The number of sulfonamides is 1. The van der Waals surface area contributed by atoms with E-state index in [1.807, 2.05) is 0 Å². The zero-order valence-corrected chi connectivity index (χ0v) is 22.4. The summed E-state index contributed by atoms with van der Waals surface area (Å²) in [5.74, 6) is 0.0232. The lowest BCUT2D eigenvalue weighted by molar-refractivity contribution is -0.151. The Morgan fingerprint density at radius 1 is 1.21 bits per heavy atom. The number of rotatable bonds is 9. The SMILES string of the molecule is CC1(C)NC(C23CC(N(Cc4ccc(Cl)cc4)S(=O)(=O)c4ccco4)(C2)C3)=N[C@H]1C(=O)NCCC(F)(F)F. The maximum atomic E-state index is 13.6. The van der Waals surface area contributed by atoms with Gasteiger partial charge in [-0.25, -0.2) is 8.42 Å². The fraction of sp³-hybridized carbons (Fsp3) is 0.520. The summed E-state index contributed by atoms with van der Waals surface area (Å²) in [7, 11) is -3.95. The Morgan fingerprint density at radius 2 is 1.87 bits per heavy atom. The van der Waals surface area contributed by atoms with Gasteiger partial charge in [-0.3, -0.25) is 9.79 Å². The number of nitrogens with one attached hydrogen (secondary N) is 2. The molecule has 1 aromatic heterocycles. The Bertz CT molecular complexity index is 1340. The molecule has 3 fully saturated rings. The molecule has 2 aromatic rings. The Hall–Kier alpha value is -2.57. The summed E-state index contributed by atoms with van der Waals surface area (Å²) in [6.45, 7) is 3.16. The Kier molecular flexibility index (Phi) is 6.39. The fourth-order valence-electron chi connectivity index (χ4n) is 5.81. The monoisotopic (exact) mass is 572 g/mol. The van der Waals surface area contributed by atoms with Crippen molar-refractivity contribution in [2.24, 2.45) is 10.4 Å². The lowest BCUT2D eigenvalue weighted by Gasteiger charge is -2.72. The number of nitrogens with zero attached hydrogens (tertiary/aromatic N) is 2. The quantitative estimate of drug-likeness (QED) is 0.467. The second-order valence-corrected chi connectivity index (χ2v) is 13.2. The molecule has 3 aliphatic carbocycles. The van der Waals surface area contributed by atoms with Gasteiger partial charge in [-0.05, 0) is 62.9 Å². The Balaban J connectivity index is 1.34. The van der Waals surface area contributed by atoms with E-state index in [-0.39, 0.29) is 11.6 Å². The first-order chi connectivity index (χ1) is 17.7. The minimum Gasteiger partial charge on any atom is -0.452 e. The van der Waals surface area contributed by atoms with Gasteiger partial charge in [-0.1, -0.05) is 23.7 Å². The molecule has 1 aromatic carbocycles. The average molecular weight is 573 g/mol. The number of amides is 1. The van der Waals surface area contributed by atoms with Gasteiger partial charge in [0.15, 0.2) is 6.04 Å². The van der Waals surface area contributed by atoms with Gasteiger partial charge in [0.1, 0.15) is 5.84 Å². The largest absolute Gasteiger partial charge is 0.452 e. The lowest BCUT2D eigenvalue weighted by Crippen LogP contribution is -2.78. The van der Waals surface area contributed by atoms with Crippen molar-refractivity contribution in [3.8, 4) is 0 Å². The standard InChI is InChI=1S/C25H28ClF3N4O4S/c1-22(2)19(20(34)30-10-9-25(27,28)29)31-21(32-22)23-13-24(14-23,15-23)33(12-16-5-7-17(26)8-6-16)38(35,36)18-4-3-11-37-18/h3-8,11,19H,9-10,12-15H2,1-2H3,(H,30,34)(H,31,32)/t19-,23?,24?/m0/s1. The maximum absolute atomic E-state index is 13.6. The number of halogens is 4. The van der Waals surface area contributed by atoms with Gasteiger partial charge in [0.2, 0.25) is 11.0 Å². The van der Waals surface area contributed by atoms with E-state index in [4.69, 9.17) is 16.0 Å². The van der Waals surface area contributed by atoms with E-state index in [1.165, 1.54) is 22.7 Å². The van der Waals surface area contributed by atoms with Gasteiger partial charge in [-0.2, -0.15) is 17.5 Å². The van der Waals surface area contributed by atoms with Crippen LogP contribution >= 0.6 is 11.6 Å². The molecule has 1 amide bonds. The van der Waals surface area contributed by atoms with E-state index >= 15 is 0 Å². The highest BCUT2D eigenvalue weighted by Crippen LogP contribution is 2.71. The minimum atomic E-state index is -4.36. The van der Waals surface area contributed by atoms with Crippen LogP contribution in [0.15, 0.2) is 57.2 Å². The first kappa shape index (κ1) is 27.0. The zero-order valence-electron chi connectivity index (χ0n) is 20.8. The van der Waals surface area contributed by atoms with E-state index in [9.17, 15) is 26.4 Å². The van der Waals surface area contributed by atoms with Gasteiger partial charge in [0.05, 0.1) is 18.2 Å². The van der Waals surface area contributed by atoms with Crippen LogP contribution in [-0.2, 0) is 21.4 Å². The van der Waals surface area contributed by atoms with Crippen molar-refractivity contribution >= 4 is 33.4 Å². The highest BCUT2D eigenvalue weighted by Gasteiger charge is 2.75. The summed E-state index contributed by atoms with van der Waals surface area (Å²) in [5.41, 5.74) is -1.10. The van der Waals surface area contributed by atoms with Crippen LogP contribution in [0.5, 0.6) is 0 Å². The average Bonchev–Trinajstić information content (AvgIpc) is 3.40. The molecule has 0 unspecified atom stereocenters. The Morgan fingerprint density at radius 3 is 2.45 bits per heavy atom. The van der Waals surface area contributed by atoms with Gasteiger partial charge in [-0.15, -0.1) is 0 Å². The molecule has 8 nitrogen and oxygen atoms in total. The highest BCUT2D eigenvalue weighted by atomic mass is 35.5. The summed E-state index contributed by atoms with van der Waals surface area (Å²) in [4.78, 5) is 17.3. The molecule has 2 bridgehead atoms. The fourth-order valence-corrected chi connectivity index (χ4v) is 7.60. The van der Waals surface area contributed by atoms with Crippen molar-refractivity contribution in [2.75, 3.05) is 6.54 Å². The number of aliphatic imine (C=N–C) groups is 1. The third kappa shape index (κ3) is 4.71. The van der Waals surface area contributed by atoms with Crippen molar-refractivity contribution in [2.45, 2.75) is 74.5 Å². The van der Waals surface area contributed by atoms with Crippen LogP contribution in [0.1, 0.15) is 45.1 Å². The normalized spacial score (nSPS) is 27.8. The number of carbonyl (C=O) groups is 1. The predicted octanol–water partition coefficient (Wildman–Crippen LogP) is 4.26. The summed E-state index contributed by atoms with van der Waals surface area (Å²) < 4.78 is 71.4. The number of furan rings is 1. The third-order valence-electron chi connectivity index (χ3n) is 7.65. The summed E-state index contributed by atoms with van der Waals surface area (Å²) >= 11 is 6.01. The molecule has 6 rings (SSSR count). The first-order valence-electron chi connectivity index (χ1n) is 12.2. The topological polar surface area (TPSA) is 104 Å². The number of hydrogen-bond acceptors (Lipinski definition) is 6. The number of hydrogen-bond donors (Lipinski definition) is 2. The third-order valence-corrected chi connectivity index (χ3v) is 9.74. The van der Waals surface area contributed by atoms with Crippen molar-refractivity contribution in [1.29, 1.82) is 0 Å². The summed E-state index contributed by atoms with van der Waals surface area (Å²) in [6.07, 6.45) is -2.67. The maximum Gasteiger partial charge on any atom is 0.390 e. The molecule has 4 aliphatic rings. The van der Waals surface area contributed by atoms with E-state index in [0.29, 0.717) is 30.1 Å². The first-order valence-corrected chi connectivity index (χ1v) is 14.0. The number of benzene rings is 1. The van der Waals surface area contributed by atoms with Crippen LogP contribution in [0.3, 0.4) is 0 Å². The lowest BCUT2D eigenvalue weighted by atomic mass is 9.38. The molecule has 2 heterocycles. The number of amidine groups is 1. The van der Waals surface area contributed by atoms with E-state index in [0.717, 1.165) is 5.56 Å². The molecule has 0 spiro atoms.